The molecule has 2 atom stereocenters. The number of aromatic nitrogens is 2. The van der Waals surface area contributed by atoms with Crippen LogP contribution in [-0.2, 0) is 14.3 Å². The minimum Gasteiger partial charge on any atom is -0.491 e. The van der Waals surface area contributed by atoms with Crippen LogP contribution in [0.3, 0.4) is 0 Å². The number of halogens is 1. The molecule has 2 aliphatic heterocycles. The lowest BCUT2D eigenvalue weighted by Crippen LogP contribution is -2.54. The number of piperidine rings is 1. The monoisotopic (exact) mass is 740 g/mol. The van der Waals surface area contributed by atoms with Crippen LogP contribution in [0.2, 0.25) is 0 Å². The van der Waals surface area contributed by atoms with E-state index in [1.807, 2.05) is 44.2 Å². The van der Waals surface area contributed by atoms with Crippen molar-refractivity contribution >= 4 is 46.0 Å². The number of rotatable bonds is 16. The Bertz CT molecular complexity index is 2050. The van der Waals surface area contributed by atoms with Crippen molar-refractivity contribution in [2.75, 3.05) is 50.2 Å². The van der Waals surface area contributed by atoms with Crippen molar-refractivity contribution < 1.29 is 38.1 Å². The van der Waals surface area contributed by atoms with Crippen LogP contribution in [0.25, 0.3) is 22.2 Å². The average molecular weight is 741 g/mol. The van der Waals surface area contributed by atoms with Crippen molar-refractivity contribution in [2.24, 2.45) is 10.8 Å². The van der Waals surface area contributed by atoms with Gasteiger partial charge in [0, 0.05) is 53.2 Å². The standard InChI is InChI=1S/C40H45FN6O7/c1-39(2,20-43-31-7-5-6-28-35(31)38(52)47(37(28)51)32-13-15-34(49)46-36(32)50)22-53-23-40(3,4)21-44-33-14-9-25(18-42-33)30-11-8-24-16-27(10-12-29(24)45-30)54-19-26(48)17-41/h5-12,14,16,18,26,32,43,48H,13,15,17,19-23H2,1-4H3,(H,42,44)(H,46,49,50). The first-order valence-corrected chi connectivity index (χ1v) is 17.9. The van der Waals surface area contributed by atoms with Crippen LogP contribution in [-0.4, -0.2) is 95.3 Å². The molecule has 13 nitrogen and oxygen atoms in total. The van der Waals surface area contributed by atoms with E-state index in [4.69, 9.17) is 14.5 Å². The van der Waals surface area contributed by atoms with Crippen LogP contribution in [0.15, 0.2) is 66.9 Å². The molecular formula is C40H45FN6O7. The lowest BCUT2D eigenvalue weighted by Gasteiger charge is -2.30. The summed E-state index contributed by atoms with van der Waals surface area (Å²) in [5.74, 6) is -0.910. The SMILES string of the molecule is CC(C)(CNc1ccc(-c2ccc3cc(OCC(O)CF)ccc3n2)cn1)COCC(C)(C)CNc1cccc2c1C(=O)N(C1CCC(=O)NC1=O)C2=O. The van der Waals surface area contributed by atoms with Crippen LogP contribution >= 0.6 is 0 Å². The molecule has 284 valence electrons. The van der Waals surface area contributed by atoms with Crippen molar-refractivity contribution in [3.8, 4) is 17.0 Å². The van der Waals surface area contributed by atoms with E-state index in [1.165, 1.54) is 0 Å². The predicted molar refractivity (Wildman–Crippen MR) is 201 cm³/mol. The Morgan fingerprint density at radius 3 is 2.43 bits per heavy atom. The van der Waals surface area contributed by atoms with E-state index < -0.39 is 42.4 Å². The molecule has 1 fully saturated rings. The molecule has 4 aromatic rings. The van der Waals surface area contributed by atoms with Crippen molar-refractivity contribution in [1.82, 2.24) is 20.2 Å². The normalized spacial score (nSPS) is 16.7. The third-order valence-electron chi connectivity index (χ3n) is 9.30. The van der Waals surface area contributed by atoms with E-state index in [0.29, 0.717) is 43.6 Å². The molecule has 2 aliphatic rings. The Hall–Kier alpha value is -5.47. The van der Waals surface area contributed by atoms with Crippen molar-refractivity contribution in [3.63, 3.8) is 0 Å². The number of carbonyl (C=O) groups is 4. The third kappa shape index (κ3) is 8.83. The number of alkyl halides is 1. The first-order chi connectivity index (χ1) is 25.7. The number of hydrogen-bond donors (Lipinski definition) is 4. The van der Waals surface area contributed by atoms with Crippen LogP contribution in [0.1, 0.15) is 61.3 Å². The smallest absolute Gasteiger partial charge is 0.264 e. The molecule has 4 heterocycles. The minimum absolute atomic E-state index is 0.0602. The number of nitrogens with zero attached hydrogens (tertiary/aromatic N) is 3. The fourth-order valence-electron chi connectivity index (χ4n) is 6.27. The molecule has 54 heavy (non-hydrogen) atoms. The molecule has 1 saturated heterocycles. The molecular weight excluding hydrogens is 695 g/mol. The lowest BCUT2D eigenvalue weighted by atomic mass is 9.92. The summed E-state index contributed by atoms with van der Waals surface area (Å²) in [5.41, 5.74) is 2.76. The second kappa shape index (κ2) is 15.9. The van der Waals surface area contributed by atoms with Gasteiger partial charge >= 0.3 is 0 Å². The molecule has 4 N–H and O–H groups in total. The van der Waals surface area contributed by atoms with Crippen LogP contribution in [0.4, 0.5) is 15.9 Å². The van der Waals surface area contributed by atoms with Gasteiger partial charge in [0.15, 0.2) is 0 Å². The van der Waals surface area contributed by atoms with Crippen LogP contribution in [0.5, 0.6) is 5.75 Å². The number of fused-ring (bicyclic) bond motifs is 2. The Balaban J connectivity index is 0.975. The average Bonchev–Trinajstić information content (AvgIpc) is 3.41. The third-order valence-corrected chi connectivity index (χ3v) is 9.30. The van der Waals surface area contributed by atoms with Gasteiger partial charge in [-0.25, -0.2) is 14.4 Å². The summed E-state index contributed by atoms with van der Waals surface area (Å²) in [4.78, 5) is 61.0. The van der Waals surface area contributed by atoms with Gasteiger partial charge in [0.25, 0.3) is 11.8 Å². The fraction of sp³-hybridized carbons (Fsp3) is 0.400. The number of aliphatic hydroxyl groups excluding tert-OH is 1. The van der Waals surface area contributed by atoms with Gasteiger partial charge in [0.2, 0.25) is 11.8 Å². The van der Waals surface area contributed by atoms with Crippen molar-refractivity contribution in [2.45, 2.75) is 52.7 Å². The summed E-state index contributed by atoms with van der Waals surface area (Å²) in [7, 11) is 0. The zero-order valence-corrected chi connectivity index (χ0v) is 30.8. The molecule has 14 heteroatoms. The zero-order chi connectivity index (χ0) is 38.6. The van der Waals surface area contributed by atoms with E-state index in [1.54, 1.807) is 36.5 Å². The van der Waals surface area contributed by atoms with Crippen molar-refractivity contribution in [3.05, 3.63) is 78.0 Å². The summed E-state index contributed by atoms with van der Waals surface area (Å²) in [6.45, 7) is 9.26. The molecule has 0 radical (unpaired) electrons. The molecule has 4 amide bonds. The number of amides is 4. The number of pyridine rings is 2. The van der Waals surface area contributed by atoms with Gasteiger partial charge in [-0.2, -0.15) is 0 Å². The van der Waals surface area contributed by atoms with Gasteiger partial charge in [-0.3, -0.25) is 29.4 Å². The Labute approximate surface area is 312 Å². The van der Waals surface area contributed by atoms with E-state index in [9.17, 15) is 28.7 Å². The molecule has 6 rings (SSSR count). The van der Waals surface area contributed by atoms with E-state index in [-0.39, 0.29) is 41.4 Å². The second-order valence-electron chi connectivity index (χ2n) is 15.3. The first-order valence-electron chi connectivity index (χ1n) is 17.9. The summed E-state index contributed by atoms with van der Waals surface area (Å²) < 4.78 is 24.2. The van der Waals surface area contributed by atoms with Crippen LogP contribution < -0.4 is 20.7 Å². The van der Waals surface area contributed by atoms with E-state index in [0.717, 1.165) is 27.1 Å². The maximum absolute atomic E-state index is 13.4. The largest absolute Gasteiger partial charge is 0.491 e. The maximum Gasteiger partial charge on any atom is 0.264 e. The Morgan fingerprint density at radius 2 is 1.72 bits per heavy atom. The predicted octanol–water partition coefficient (Wildman–Crippen LogP) is 5.00. The number of hydrogen-bond acceptors (Lipinski definition) is 11. The number of aliphatic hydroxyl groups is 1. The highest BCUT2D eigenvalue weighted by Crippen LogP contribution is 2.33. The summed E-state index contributed by atoms with van der Waals surface area (Å²) >= 11 is 0. The number of carbonyl (C=O) groups excluding carboxylic acids is 4. The summed E-state index contributed by atoms with van der Waals surface area (Å²) in [5, 5.41) is 19.2. The highest BCUT2D eigenvalue weighted by atomic mass is 19.1. The van der Waals surface area contributed by atoms with Crippen LogP contribution in [0, 0.1) is 10.8 Å². The lowest BCUT2D eigenvalue weighted by molar-refractivity contribution is -0.136. The van der Waals surface area contributed by atoms with Gasteiger partial charge in [-0.15, -0.1) is 0 Å². The van der Waals surface area contributed by atoms with Gasteiger partial charge in [-0.05, 0) is 55.0 Å². The van der Waals surface area contributed by atoms with E-state index >= 15 is 0 Å². The molecule has 0 aliphatic carbocycles. The minimum atomic E-state index is -1.16. The summed E-state index contributed by atoms with van der Waals surface area (Å²) in [6, 6.07) is 17.0. The molecule has 2 aromatic carbocycles. The molecule has 0 saturated carbocycles. The van der Waals surface area contributed by atoms with Crippen molar-refractivity contribution in [1.29, 1.82) is 0 Å². The van der Waals surface area contributed by atoms with Gasteiger partial charge < -0.3 is 25.2 Å². The second-order valence-corrected chi connectivity index (χ2v) is 15.3. The Kier molecular flexibility index (Phi) is 11.2. The maximum atomic E-state index is 13.4. The number of ether oxygens (including phenoxy) is 2. The fourth-order valence-corrected chi connectivity index (χ4v) is 6.27. The molecule has 0 spiro atoms. The topological polar surface area (TPSA) is 172 Å². The van der Waals surface area contributed by atoms with Gasteiger partial charge in [-0.1, -0.05) is 39.8 Å². The van der Waals surface area contributed by atoms with E-state index in [2.05, 4.69) is 34.8 Å². The van der Waals surface area contributed by atoms with Gasteiger partial charge in [0.1, 0.15) is 37.0 Å². The highest BCUT2D eigenvalue weighted by molar-refractivity contribution is 6.25. The zero-order valence-electron chi connectivity index (χ0n) is 30.8. The molecule has 2 unspecified atom stereocenters. The molecule has 0 bridgehead atoms. The van der Waals surface area contributed by atoms with Gasteiger partial charge in [0.05, 0.1) is 35.6 Å². The number of nitrogens with one attached hydrogen (secondary N) is 3. The highest BCUT2D eigenvalue weighted by Gasteiger charge is 2.45. The quantitative estimate of drug-likeness (QED) is 0.114. The number of benzene rings is 2. The summed E-state index contributed by atoms with van der Waals surface area (Å²) in [6.07, 6.45) is 0.769. The number of anilines is 2. The molecule has 2 aromatic heterocycles. The first kappa shape index (κ1) is 38.3. The number of imide groups is 2. The Morgan fingerprint density at radius 1 is 0.963 bits per heavy atom.